The van der Waals surface area contributed by atoms with Gasteiger partial charge in [-0.25, -0.2) is 0 Å². The monoisotopic (exact) mass is 288 g/mol. The summed E-state index contributed by atoms with van der Waals surface area (Å²) in [6.07, 6.45) is -1.94. The summed E-state index contributed by atoms with van der Waals surface area (Å²) in [5, 5.41) is 0. The molecule has 0 spiro atoms. The van der Waals surface area contributed by atoms with Crippen molar-refractivity contribution in [2.24, 2.45) is 5.92 Å². The molecule has 0 aliphatic carbocycles. The smallest absolute Gasteiger partial charge is 0.391 e. The molecule has 2 heterocycles. The number of piperidine rings is 1. The number of hydrogen-bond donors (Lipinski definition) is 0. The van der Waals surface area contributed by atoms with Gasteiger partial charge < -0.3 is 4.74 Å². The van der Waals surface area contributed by atoms with Crippen molar-refractivity contribution in [1.29, 1.82) is 0 Å². The van der Waals surface area contributed by atoms with Crippen LogP contribution in [0.2, 0.25) is 0 Å². The molecule has 112 valence electrons. The first kappa shape index (κ1) is 15.1. The van der Waals surface area contributed by atoms with Crippen LogP contribution in [0.3, 0.4) is 0 Å². The zero-order valence-electron chi connectivity index (χ0n) is 11.7. The fourth-order valence-electron chi connectivity index (χ4n) is 2.52. The van der Waals surface area contributed by atoms with Gasteiger partial charge in [-0.15, -0.1) is 0 Å². The van der Waals surface area contributed by atoms with Crippen molar-refractivity contribution in [3.05, 3.63) is 23.5 Å². The van der Waals surface area contributed by atoms with Crippen LogP contribution in [0.25, 0.3) is 0 Å². The van der Waals surface area contributed by atoms with Crippen molar-refractivity contribution in [2.75, 3.05) is 20.2 Å². The molecular weight excluding hydrogens is 269 g/mol. The molecule has 0 radical (unpaired) electrons. The third kappa shape index (κ3) is 3.62. The minimum absolute atomic E-state index is 0.180. The summed E-state index contributed by atoms with van der Waals surface area (Å²) in [4.78, 5) is 6.27. The molecule has 1 aliphatic rings. The molecule has 0 N–H and O–H groups in total. The SMILES string of the molecule is COc1cc(CN2CCC(C(F)(F)F)CC2)cnc1C. The minimum Gasteiger partial charge on any atom is -0.495 e. The van der Waals surface area contributed by atoms with Gasteiger partial charge in [-0.1, -0.05) is 0 Å². The number of hydrogen-bond acceptors (Lipinski definition) is 3. The Hall–Kier alpha value is -1.30. The molecule has 20 heavy (non-hydrogen) atoms. The van der Waals surface area contributed by atoms with Crippen LogP contribution in [-0.2, 0) is 6.54 Å². The van der Waals surface area contributed by atoms with Gasteiger partial charge in [0.15, 0.2) is 0 Å². The fraction of sp³-hybridized carbons (Fsp3) is 0.643. The van der Waals surface area contributed by atoms with Crippen molar-refractivity contribution in [1.82, 2.24) is 9.88 Å². The second-order valence-corrected chi connectivity index (χ2v) is 5.22. The Morgan fingerprint density at radius 1 is 1.35 bits per heavy atom. The van der Waals surface area contributed by atoms with Crippen LogP contribution in [-0.4, -0.2) is 36.3 Å². The Kier molecular flexibility index (Phi) is 4.52. The van der Waals surface area contributed by atoms with E-state index in [2.05, 4.69) is 4.98 Å². The number of rotatable bonds is 3. The van der Waals surface area contributed by atoms with E-state index in [1.165, 1.54) is 0 Å². The number of pyridine rings is 1. The summed E-state index contributed by atoms with van der Waals surface area (Å²) in [5.74, 6) is -0.433. The number of likely N-dealkylation sites (tertiary alicyclic amines) is 1. The largest absolute Gasteiger partial charge is 0.495 e. The maximum atomic E-state index is 12.6. The van der Waals surface area contributed by atoms with E-state index in [1.54, 1.807) is 13.3 Å². The van der Waals surface area contributed by atoms with Crippen molar-refractivity contribution < 1.29 is 17.9 Å². The van der Waals surface area contributed by atoms with Gasteiger partial charge >= 0.3 is 6.18 Å². The van der Waals surface area contributed by atoms with Gasteiger partial charge in [-0.3, -0.25) is 9.88 Å². The van der Waals surface area contributed by atoms with E-state index in [4.69, 9.17) is 4.74 Å². The number of ether oxygens (including phenoxy) is 1. The van der Waals surface area contributed by atoms with Gasteiger partial charge in [0.2, 0.25) is 0 Å². The predicted octanol–water partition coefficient (Wildman–Crippen LogP) is 3.17. The Bertz CT molecular complexity index is 454. The first-order valence-electron chi connectivity index (χ1n) is 6.68. The van der Waals surface area contributed by atoms with E-state index in [0.717, 1.165) is 11.3 Å². The summed E-state index contributed by atoms with van der Waals surface area (Å²) >= 11 is 0. The van der Waals surface area contributed by atoms with Crippen molar-refractivity contribution in [2.45, 2.75) is 32.5 Å². The highest BCUT2D eigenvalue weighted by Crippen LogP contribution is 2.34. The number of alkyl halides is 3. The lowest BCUT2D eigenvalue weighted by Gasteiger charge is -2.32. The van der Waals surface area contributed by atoms with Crippen LogP contribution in [0.15, 0.2) is 12.3 Å². The number of aryl methyl sites for hydroxylation is 1. The molecule has 0 atom stereocenters. The zero-order valence-corrected chi connectivity index (χ0v) is 11.7. The van der Waals surface area contributed by atoms with Crippen molar-refractivity contribution in [3.8, 4) is 5.75 Å². The van der Waals surface area contributed by atoms with Gasteiger partial charge in [0, 0.05) is 12.7 Å². The molecule has 6 heteroatoms. The van der Waals surface area contributed by atoms with Gasteiger partial charge in [-0.2, -0.15) is 13.2 Å². The molecule has 0 saturated carbocycles. The lowest BCUT2D eigenvalue weighted by molar-refractivity contribution is -0.185. The van der Waals surface area contributed by atoms with E-state index in [9.17, 15) is 13.2 Å². The summed E-state index contributed by atoms with van der Waals surface area (Å²) < 4.78 is 43.0. The molecule has 0 amide bonds. The van der Waals surface area contributed by atoms with E-state index < -0.39 is 12.1 Å². The number of methoxy groups -OCH3 is 1. The molecule has 0 aromatic carbocycles. The standard InChI is InChI=1S/C14H19F3N2O/c1-10-13(20-2)7-11(8-18-10)9-19-5-3-12(4-6-19)14(15,16)17/h7-8,12H,3-6,9H2,1-2H3. The summed E-state index contributed by atoms with van der Waals surface area (Å²) in [6, 6.07) is 1.90. The van der Waals surface area contributed by atoms with E-state index in [-0.39, 0.29) is 12.8 Å². The second kappa shape index (κ2) is 5.99. The normalized spacial score (nSPS) is 18.2. The highest BCUT2D eigenvalue weighted by molar-refractivity contribution is 5.30. The Morgan fingerprint density at radius 2 is 2.00 bits per heavy atom. The highest BCUT2D eigenvalue weighted by atomic mass is 19.4. The summed E-state index contributed by atoms with van der Waals surface area (Å²) in [6.45, 7) is 3.42. The lowest BCUT2D eigenvalue weighted by Crippen LogP contribution is -2.38. The Labute approximate surface area is 116 Å². The van der Waals surface area contributed by atoms with Gasteiger partial charge in [0.1, 0.15) is 5.75 Å². The number of halogens is 3. The molecule has 3 nitrogen and oxygen atoms in total. The van der Waals surface area contributed by atoms with Crippen LogP contribution in [0, 0.1) is 12.8 Å². The Morgan fingerprint density at radius 3 is 2.55 bits per heavy atom. The first-order valence-corrected chi connectivity index (χ1v) is 6.68. The molecule has 1 aromatic heterocycles. The molecular formula is C14H19F3N2O. The van der Waals surface area contributed by atoms with Gasteiger partial charge in [0.05, 0.1) is 18.7 Å². The average molecular weight is 288 g/mol. The molecule has 1 aliphatic heterocycles. The van der Waals surface area contributed by atoms with Crippen LogP contribution in [0.5, 0.6) is 5.75 Å². The van der Waals surface area contributed by atoms with Gasteiger partial charge in [0.25, 0.3) is 0 Å². The molecule has 1 aromatic rings. The maximum Gasteiger partial charge on any atom is 0.391 e. The summed E-state index contributed by atoms with van der Waals surface area (Å²) in [7, 11) is 1.59. The van der Waals surface area contributed by atoms with Crippen molar-refractivity contribution >= 4 is 0 Å². The topological polar surface area (TPSA) is 25.4 Å². The second-order valence-electron chi connectivity index (χ2n) is 5.22. The molecule has 1 fully saturated rings. The van der Waals surface area contributed by atoms with Crippen molar-refractivity contribution in [3.63, 3.8) is 0 Å². The Balaban J connectivity index is 1.93. The van der Waals surface area contributed by atoms with Crippen LogP contribution >= 0.6 is 0 Å². The minimum atomic E-state index is -4.05. The third-order valence-electron chi connectivity index (χ3n) is 3.77. The van der Waals surface area contributed by atoms with Gasteiger partial charge in [-0.05, 0) is 44.5 Å². The highest BCUT2D eigenvalue weighted by Gasteiger charge is 2.40. The van der Waals surface area contributed by atoms with Crippen LogP contribution < -0.4 is 4.74 Å². The van der Waals surface area contributed by atoms with Crippen LogP contribution in [0.4, 0.5) is 13.2 Å². The van der Waals surface area contributed by atoms with Crippen LogP contribution in [0.1, 0.15) is 24.1 Å². The fourth-order valence-corrected chi connectivity index (χ4v) is 2.52. The molecule has 2 rings (SSSR count). The first-order chi connectivity index (χ1) is 9.40. The zero-order chi connectivity index (χ0) is 14.8. The van der Waals surface area contributed by atoms with E-state index >= 15 is 0 Å². The maximum absolute atomic E-state index is 12.6. The lowest BCUT2D eigenvalue weighted by atomic mass is 9.96. The summed E-state index contributed by atoms with van der Waals surface area (Å²) in [5.41, 5.74) is 1.78. The average Bonchev–Trinajstić information content (AvgIpc) is 2.40. The molecule has 1 saturated heterocycles. The quantitative estimate of drug-likeness (QED) is 0.854. The number of nitrogens with zero attached hydrogens (tertiary/aromatic N) is 2. The van der Waals surface area contributed by atoms with E-state index in [1.807, 2.05) is 17.9 Å². The predicted molar refractivity (Wildman–Crippen MR) is 69.6 cm³/mol. The number of aromatic nitrogens is 1. The molecule has 0 bridgehead atoms. The molecule has 0 unspecified atom stereocenters. The van der Waals surface area contributed by atoms with E-state index in [0.29, 0.717) is 25.4 Å². The third-order valence-corrected chi connectivity index (χ3v) is 3.77.